The Bertz CT molecular complexity index is 629. The molecule has 0 radical (unpaired) electrons. The van der Waals surface area contributed by atoms with Crippen LogP contribution in [0.15, 0.2) is 84.9 Å². The van der Waals surface area contributed by atoms with Gasteiger partial charge in [0.05, 0.1) is 0 Å². The molecule has 0 aliphatic carbocycles. The molecule has 3 rings (SSSR count). The van der Waals surface area contributed by atoms with E-state index >= 15 is 0 Å². The average molecular weight is 300 g/mol. The van der Waals surface area contributed by atoms with Crippen molar-refractivity contribution in [3.63, 3.8) is 0 Å². The van der Waals surface area contributed by atoms with E-state index in [-0.39, 0.29) is 35.3 Å². The summed E-state index contributed by atoms with van der Waals surface area (Å²) in [6.45, 7) is 0. The molecule has 0 unspecified atom stereocenters. The monoisotopic (exact) mass is 300 g/mol. The van der Waals surface area contributed by atoms with Crippen molar-refractivity contribution in [3.8, 4) is 5.75 Å². The van der Waals surface area contributed by atoms with E-state index in [1.54, 1.807) is 12.1 Å². The molecule has 0 spiro atoms. The second-order valence-electron chi connectivity index (χ2n) is 4.50. The number of hydrogen-bond acceptors (Lipinski definition) is 1. The molecule has 0 fully saturated rings. The number of rotatable bonds is 3. The van der Waals surface area contributed by atoms with E-state index in [0.717, 1.165) is 0 Å². The summed E-state index contributed by atoms with van der Waals surface area (Å²) < 4.78 is 0. The van der Waals surface area contributed by atoms with Crippen molar-refractivity contribution in [2.45, 2.75) is 0 Å². The van der Waals surface area contributed by atoms with E-state index in [0.29, 0.717) is 0 Å². The Labute approximate surface area is 148 Å². The Kier molecular flexibility index (Phi) is 6.02. The van der Waals surface area contributed by atoms with Gasteiger partial charge in [0.2, 0.25) is 0 Å². The van der Waals surface area contributed by atoms with E-state index in [1.807, 2.05) is 24.3 Å². The van der Waals surface area contributed by atoms with E-state index in [4.69, 9.17) is 0 Å². The minimum Gasteiger partial charge on any atom is -0.872 e. The Balaban J connectivity index is 0.00000161. The van der Waals surface area contributed by atoms with Gasteiger partial charge in [-0.25, -0.2) is 0 Å². The van der Waals surface area contributed by atoms with Crippen LogP contribution in [0.1, 0.15) is 0 Å². The van der Waals surface area contributed by atoms with Crippen LogP contribution in [0.4, 0.5) is 0 Å². The largest absolute Gasteiger partial charge is 1.00 e. The maximum absolute atomic E-state index is 11.3. The summed E-state index contributed by atoms with van der Waals surface area (Å²) in [6.07, 6.45) is 0. The molecule has 0 saturated heterocycles. The Morgan fingerprint density at radius 2 is 0.905 bits per heavy atom. The fraction of sp³-hybridized carbons (Fsp3) is 0. The molecule has 0 aliphatic heterocycles. The summed E-state index contributed by atoms with van der Waals surface area (Å²) in [5.41, 5.74) is 0. The van der Waals surface area contributed by atoms with E-state index < -0.39 is 7.92 Å². The third-order valence-corrected chi connectivity index (χ3v) is 5.57. The van der Waals surface area contributed by atoms with Gasteiger partial charge >= 0.3 is 29.6 Å². The summed E-state index contributed by atoms with van der Waals surface area (Å²) in [7, 11) is -0.597. The van der Waals surface area contributed by atoms with Gasteiger partial charge in [-0.05, 0) is 23.8 Å². The molecule has 3 aromatic carbocycles. The van der Waals surface area contributed by atoms with Crippen molar-refractivity contribution in [2.24, 2.45) is 0 Å². The summed E-state index contributed by atoms with van der Waals surface area (Å²) in [4.78, 5) is 0. The second kappa shape index (κ2) is 7.77. The molecule has 3 heteroatoms. The van der Waals surface area contributed by atoms with Gasteiger partial charge in [0.1, 0.15) is 0 Å². The van der Waals surface area contributed by atoms with Crippen LogP contribution in [0.5, 0.6) is 5.75 Å². The minimum atomic E-state index is -0.597. The van der Waals surface area contributed by atoms with Crippen LogP contribution >= 0.6 is 7.92 Å². The SMILES string of the molecule is [Na+].[O-]c1ccc(P(c2ccccc2)c2ccccc2)cc1. The van der Waals surface area contributed by atoms with Crippen molar-refractivity contribution in [1.82, 2.24) is 0 Å². The van der Waals surface area contributed by atoms with Crippen LogP contribution in [0.3, 0.4) is 0 Å². The van der Waals surface area contributed by atoms with Crippen LogP contribution < -0.4 is 50.6 Å². The molecule has 1 nitrogen and oxygen atoms in total. The van der Waals surface area contributed by atoms with Crippen LogP contribution in [0, 0.1) is 0 Å². The predicted octanol–water partition coefficient (Wildman–Crippen LogP) is -0.478. The van der Waals surface area contributed by atoms with Gasteiger partial charge in [-0.2, -0.15) is 0 Å². The molecular weight excluding hydrogens is 286 g/mol. The van der Waals surface area contributed by atoms with Gasteiger partial charge < -0.3 is 5.11 Å². The van der Waals surface area contributed by atoms with E-state index in [9.17, 15) is 5.11 Å². The summed E-state index contributed by atoms with van der Waals surface area (Å²) >= 11 is 0. The summed E-state index contributed by atoms with van der Waals surface area (Å²) in [5.74, 6) is 0.0600. The first-order valence-electron chi connectivity index (χ1n) is 6.52. The fourth-order valence-electron chi connectivity index (χ4n) is 2.20. The smallest absolute Gasteiger partial charge is 0.872 e. The van der Waals surface area contributed by atoms with E-state index in [2.05, 4.69) is 48.5 Å². The molecule has 0 heterocycles. The maximum Gasteiger partial charge on any atom is 1.00 e. The van der Waals surface area contributed by atoms with Crippen LogP contribution in [-0.2, 0) is 0 Å². The minimum absolute atomic E-state index is 0. The zero-order chi connectivity index (χ0) is 13.8. The van der Waals surface area contributed by atoms with Gasteiger partial charge in [-0.1, -0.05) is 84.9 Å². The van der Waals surface area contributed by atoms with Crippen molar-refractivity contribution >= 4 is 23.8 Å². The van der Waals surface area contributed by atoms with Crippen molar-refractivity contribution in [2.75, 3.05) is 0 Å². The van der Waals surface area contributed by atoms with Crippen molar-refractivity contribution in [1.29, 1.82) is 0 Å². The molecule has 0 atom stereocenters. The first kappa shape index (κ1) is 16.3. The molecular formula is C18H14NaOP. The normalized spacial score (nSPS) is 10.1. The third kappa shape index (κ3) is 3.96. The molecule has 0 amide bonds. The Hall–Kier alpha value is -1.11. The molecule has 21 heavy (non-hydrogen) atoms. The summed E-state index contributed by atoms with van der Waals surface area (Å²) in [6, 6.07) is 28.2. The zero-order valence-corrected chi connectivity index (χ0v) is 14.8. The topological polar surface area (TPSA) is 23.1 Å². The van der Waals surface area contributed by atoms with Gasteiger partial charge in [0.25, 0.3) is 0 Å². The predicted molar refractivity (Wildman–Crippen MR) is 84.6 cm³/mol. The summed E-state index contributed by atoms with van der Waals surface area (Å²) in [5, 5.41) is 15.1. The molecule has 0 aliphatic rings. The zero-order valence-electron chi connectivity index (χ0n) is 11.9. The maximum atomic E-state index is 11.3. The van der Waals surface area contributed by atoms with Crippen LogP contribution in [0.25, 0.3) is 0 Å². The first-order valence-corrected chi connectivity index (χ1v) is 7.86. The van der Waals surface area contributed by atoms with Crippen molar-refractivity contribution in [3.05, 3.63) is 84.9 Å². The quantitative estimate of drug-likeness (QED) is 0.473. The number of hydrogen-bond donors (Lipinski definition) is 0. The third-order valence-electron chi connectivity index (χ3n) is 3.12. The van der Waals surface area contributed by atoms with Crippen molar-refractivity contribution < 1.29 is 34.7 Å². The molecule has 0 saturated carbocycles. The Morgan fingerprint density at radius 1 is 0.524 bits per heavy atom. The van der Waals surface area contributed by atoms with Crippen LogP contribution in [-0.4, -0.2) is 0 Å². The molecule has 98 valence electrons. The van der Waals surface area contributed by atoms with E-state index in [1.165, 1.54) is 15.9 Å². The second-order valence-corrected chi connectivity index (χ2v) is 6.72. The molecule has 0 N–H and O–H groups in total. The molecule has 0 aromatic heterocycles. The fourth-order valence-corrected chi connectivity index (χ4v) is 4.48. The Morgan fingerprint density at radius 3 is 1.33 bits per heavy atom. The van der Waals surface area contributed by atoms with Crippen LogP contribution in [0.2, 0.25) is 0 Å². The molecule has 3 aromatic rings. The van der Waals surface area contributed by atoms with Gasteiger partial charge in [0.15, 0.2) is 0 Å². The van der Waals surface area contributed by atoms with Gasteiger partial charge in [0, 0.05) is 0 Å². The average Bonchev–Trinajstić information content (AvgIpc) is 2.52. The standard InChI is InChI=1S/C18H15OP.Na/c19-15-11-13-18(14-12-15)20(16-7-3-1-4-8-16)17-9-5-2-6-10-17;/h1-14,19H;/q;+1/p-1. The molecule has 0 bridgehead atoms. The first-order chi connectivity index (χ1) is 9.84. The number of benzene rings is 3. The van der Waals surface area contributed by atoms with Gasteiger partial charge in [-0.3, -0.25) is 0 Å². The van der Waals surface area contributed by atoms with Gasteiger partial charge in [-0.15, -0.1) is 5.75 Å².